The smallest absolute Gasteiger partial charge is 0.338 e. The SMILES string of the molecule is COc1cccc(C(=O)OC2C[C@@H](C)C[C@H](C)C2)c1. The second-order valence-corrected chi connectivity index (χ2v) is 5.68. The highest BCUT2D eigenvalue weighted by molar-refractivity contribution is 5.89. The summed E-state index contributed by atoms with van der Waals surface area (Å²) in [5.74, 6) is 1.70. The van der Waals surface area contributed by atoms with E-state index in [1.807, 2.05) is 12.1 Å². The molecule has 0 saturated heterocycles. The van der Waals surface area contributed by atoms with Crippen LogP contribution in [0, 0.1) is 11.8 Å². The minimum Gasteiger partial charge on any atom is -0.497 e. The standard InChI is InChI=1S/C16H22O3/c1-11-7-12(2)9-15(8-11)19-16(17)13-5-4-6-14(10-13)18-3/h4-6,10-12,15H,7-9H2,1-3H3/t11-,12-/m0/s1. The number of esters is 1. The summed E-state index contributed by atoms with van der Waals surface area (Å²) in [4.78, 5) is 12.1. The Morgan fingerprint density at radius 2 is 1.84 bits per heavy atom. The van der Waals surface area contributed by atoms with Gasteiger partial charge in [0, 0.05) is 0 Å². The summed E-state index contributed by atoms with van der Waals surface area (Å²) in [6.07, 6.45) is 3.23. The van der Waals surface area contributed by atoms with Gasteiger partial charge < -0.3 is 9.47 Å². The van der Waals surface area contributed by atoms with Crippen molar-refractivity contribution in [2.45, 2.75) is 39.2 Å². The summed E-state index contributed by atoms with van der Waals surface area (Å²) in [5, 5.41) is 0. The van der Waals surface area contributed by atoms with Gasteiger partial charge in [0.25, 0.3) is 0 Å². The molecule has 0 unspecified atom stereocenters. The average Bonchev–Trinajstić information content (AvgIpc) is 2.37. The molecule has 3 heteroatoms. The van der Waals surface area contributed by atoms with Gasteiger partial charge in [0.15, 0.2) is 0 Å². The highest BCUT2D eigenvalue weighted by atomic mass is 16.5. The monoisotopic (exact) mass is 262 g/mol. The van der Waals surface area contributed by atoms with Crippen molar-refractivity contribution in [3.05, 3.63) is 29.8 Å². The Kier molecular flexibility index (Phi) is 4.46. The highest BCUT2D eigenvalue weighted by Gasteiger charge is 2.27. The summed E-state index contributed by atoms with van der Waals surface area (Å²) in [6.45, 7) is 4.45. The summed E-state index contributed by atoms with van der Waals surface area (Å²) in [6, 6.07) is 7.11. The first-order valence-corrected chi connectivity index (χ1v) is 6.93. The van der Waals surface area contributed by atoms with Crippen molar-refractivity contribution < 1.29 is 14.3 Å². The number of carbonyl (C=O) groups is 1. The Morgan fingerprint density at radius 3 is 2.47 bits per heavy atom. The molecule has 1 aliphatic rings. The van der Waals surface area contributed by atoms with Crippen LogP contribution in [0.5, 0.6) is 5.75 Å². The number of carbonyl (C=O) groups excluding carboxylic acids is 1. The lowest BCUT2D eigenvalue weighted by molar-refractivity contribution is 0.00803. The predicted molar refractivity (Wildman–Crippen MR) is 74.4 cm³/mol. The Hall–Kier alpha value is -1.51. The third kappa shape index (κ3) is 3.72. The first-order chi connectivity index (χ1) is 9.08. The molecule has 0 N–H and O–H groups in total. The lowest BCUT2D eigenvalue weighted by atomic mass is 9.82. The Morgan fingerprint density at radius 1 is 1.16 bits per heavy atom. The van der Waals surface area contributed by atoms with Crippen molar-refractivity contribution in [2.24, 2.45) is 11.8 Å². The molecule has 3 nitrogen and oxygen atoms in total. The molecule has 1 saturated carbocycles. The Balaban J connectivity index is 2.00. The van der Waals surface area contributed by atoms with Crippen LogP contribution < -0.4 is 4.74 Å². The van der Waals surface area contributed by atoms with E-state index in [4.69, 9.17) is 9.47 Å². The summed E-state index contributed by atoms with van der Waals surface area (Å²) >= 11 is 0. The van der Waals surface area contributed by atoms with Gasteiger partial charge >= 0.3 is 5.97 Å². The van der Waals surface area contributed by atoms with Crippen LogP contribution in [0.1, 0.15) is 43.5 Å². The van der Waals surface area contributed by atoms with E-state index in [-0.39, 0.29) is 12.1 Å². The fraction of sp³-hybridized carbons (Fsp3) is 0.562. The predicted octanol–water partition coefficient (Wildman–Crippen LogP) is 3.68. The van der Waals surface area contributed by atoms with Gasteiger partial charge in [-0.05, 0) is 49.3 Å². The molecule has 0 amide bonds. The van der Waals surface area contributed by atoms with E-state index in [9.17, 15) is 4.79 Å². The minimum absolute atomic E-state index is 0.0532. The zero-order chi connectivity index (χ0) is 13.8. The molecule has 2 atom stereocenters. The van der Waals surface area contributed by atoms with Crippen LogP contribution in [-0.4, -0.2) is 19.2 Å². The molecule has 0 heterocycles. The quantitative estimate of drug-likeness (QED) is 0.779. The van der Waals surface area contributed by atoms with Gasteiger partial charge in [-0.25, -0.2) is 4.79 Å². The maximum atomic E-state index is 12.1. The van der Waals surface area contributed by atoms with E-state index in [2.05, 4.69) is 13.8 Å². The second-order valence-electron chi connectivity index (χ2n) is 5.68. The van der Waals surface area contributed by atoms with E-state index in [0.717, 1.165) is 12.8 Å². The molecule has 19 heavy (non-hydrogen) atoms. The van der Waals surface area contributed by atoms with Crippen molar-refractivity contribution in [2.75, 3.05) is 7.11 Å². The lowest BCUT2D eigenvalue weighted by Crippen LogP contribution is -2.28. The normalized spacial score (nSPS) is 26.8. The summed E-state index contributed by atoms with van der Waals surface area (Å²) in [7, 11) is 1.59. The molecule has 1 aliphatic carbocycles. The fourth-order valence-electron chi connectivity index (χ4n) is 2.94. The molecule has 0 radical (unpaired) electrons. The number of hydrogen-bond acceptors (Lipinski definition) is 3. The number of hydrogen-bond donors (Lipinski definition) is 0. The van der Waals surface area contributed by atoms with Gasteiger partial charge in [-0.3, -0.25) is 0 Å². The van der Waals surface area contributed by atoms with E-state index in [1.54, 1.807) is 19.2 Å². The maximum Gasteiger partial charge on any atom is 0.338 e. The van der Waals surface area contributed by atoms with Crippen molar-refractivity contribution in [3.8, 4) is 5.75 Å². The minimum atomic E-state index is -0.245. The topological polar surface area (TPSA) is 35.5 Å². The molecule has 1 aromatic carbocycles. The average molecular weight is 262 g/mol. The van der Waals surface area contributed by atoms with Crippen LogP contribution >= 0.6 is 0 Å². The van der Waals surface area contributed by atoms with Crippen LogP contribution in [-0.2, 0) is 4.74 Å². The van der Waals surface area contributed by atoms with Crippen molar-refractivity contribution >= 4 is 5.97 Å². The molecule has 104 valence electrons. The van der Waals surface area contributed by atoms with Gasteiger partial charge in [0.2, 0.25) is 0 Å². The third-order valence-electron chi connectivity index (χ3n) is 3.71. The van der Waals surface area contributed by atoms with Crippen LogP contribution in [0.2, 0.25) is 0 Å². The molecule has 0 aromatic heterocycles. The lowest BCUT2D eigenvalue weighted by Gasteiger charge is -2.31. The van der Waals surface area contributed by atoms with E-state index < -0.39 is 0 Å². The Labute approximate surface area is 114 Å². The van der Waals surface area contributed by atoms with Gasteiger partial charge in [0.1, 0.15) is 11.9 Å². The van der Waals surface area contributed by atoms with Gasteiger partial charge in [-0.1, -0.05) is 19.9 Å². The number of rotatable bonds is 3. The maximum absolute atomic E-state index is 12.1. The molecule has 0 bridgehead atoms. The Bertz CT molecular complexity index is 431. The van der Waals surface area contributed by atoms with Crippen LogP contribution in [0.3, 0.4) is 0 Å². The molecule has 0 aliphatic heterocycles. The molecular formula is C16H22O3. The zero-order valence-electron chi connectivity index (χ0n) is 11.9. The molecule has 2 rings (SSSR count). The summed E-state index contributed by atoms with van der Waals surface area (Å²) < 4.78 is 10.7. The van der Waals surface area contributed by atoms with Gasteiger partial charge in [0.05, 0.1) is 12.7 Å². The first-order valence-electron chi connectivity index (χ1n) is 6.93. The number of methoxy groups -OCH3 is 1. The highest BCUT2D eigenvalue weighted by Crippen LogP contribution is 2.30. The van der Waals surface area contributed by atoms with Crippen molar-refractivity contribution in [3.63, 3.8) is 0 Å². The molecule has 1 aromatic rings. The number of ether oxygens (including phenoxy) is 2. The molecule has 1 fully saturated rings. The number of benzene rings is 1. The van der Waals surface area contributed by atoms with Gasteiger partial charge in [-0.15, -0.1) is 0 Å². The van der Waals surface area contributed by atoms with Gasteiger partial charge in [-0.2, -0.15) is 0 Å². The second kappa shape index (κ2) is 6.09. The van der Waals surface area contributed by atoms with Crippen LogP contribution in [0.4, 0.5) is 0 Å². The van der Waals surface area contributed by atoms with E-state index >= 15 is 0 Å². The van der Waals surface area contributed by atoms with Crippen molar-refractivity contribution in [1.29, 1.82) is 0 Å². The largest absolute Gasteiger partial charge is 0.497 e. The zero-order valence-corrected chi connectivity index (χ0v) is 11.9. The van der Waals surface area contributed by atoms with Crippen LogP contribution in [0.25, 0.3) is 0 Å². The van der Waals surface area contributed by atoms with Crippen LogP contribution in [0.15, 0.2) is 24.3 Å². The van der Waals surface area contributed by atoms with E-state index in [0.29, 0.717) is 23.1 Å². The van der Waals surface area contributed by atoms with Crippen molar-refractivity contribution in [1.82, 2.24) is 0 Å². The molecule has 0 spiro atoms. The molecular weight excluding hydrogens is 240 g/mol. The fourth-order valence-corrected chi connectivity index (χ4v) is 2.94. The van der Waals surface area contributed by atoms with E-state index in [1.165, 1.54) is 6.42 Å². The first kappa shape index (κ1) is 13.9. The third-order valence-corrected chi connectivity index (χ3v) is 3.71. The summed E-state index contributed by atoms with van der Waals surface area (Å²) in [5.41, 5.74) is 0.560.